The molecule has 0 bridgehead atoms. The minimum Gasteiger partial charge on any atom is -0.114 e. The van der Waals surface area contributed by atoms with Crippen LogP contribution >= 0.6 is 41.7 Å². The van der Waals surface area contributed by atoms with Crippen molar-refractivity contribution >= 4 is 41.7 Å². The van der Waals surface area contributed by atoms with E-state index in [9.17, 15) is 0 Å². The van der Waals surface area contributed by atoms with Gasteiger partial charge in [0.1, 0.15) is 0 Å². The molecule has 0 aromatic rings. The third-order valence-electron chi connectivity index (χ3n) is 0.846. The molecule has 50 valence electrons. The Bertz CT molecular complexity index is 42.9. The fraction of sp³-hybridized carbons (Fsp3) is 1.00. The van der Waals surface area contributed by atoms with Crippen LogP contribution in [0.4, 0.5) is 0 Å². The van der Waals surface area contributed by atoms with E-state index in [1.54, 1.807) is 0 Å². The van der Waals surface area contributed by atoms with E-state index < -0.39 is 0 Å². The van der Waals surface area contributed by atoms with E-state index >= 15 is 0 Å². The molecular formula is C3H13P5. The quantitative estimate of drug-likeness (QED) is 0.616. The van der Waals surface area contributed by atoms with Crippen molar-refractivity contribution in [2.75, 3.05) is 12.1 Å². The van der Waals surface area contributed by atoms with Crippen LogP contribution in [0.25, 0.3) is 0 Å². The van der Waals surface area contributed by atoms with Crippen LogP contribution in [0.3, 0.4) is 0 Å². The fourth-order valence-electron chi connectivity index (χ4n) is 0.359. The third kappa shape index (κ3) is 4.98. The average Bonchev–Trinajstić information content (AvgIpc) is 1.83. The van der Waals surface area contributed by atoms with Crippen molar-refractivity contribution in [3.8, 4) is 0 Å². The molecule has 0 aromatic carbocycles. The highest BCUT2D eigenvalue weighted by Gasteiger charge is 1.97. The molecular weight excluding hydrogens is 191 g/mol. The van der Waals surface area contributed by atoms with Gasteiger partial charge in [-0.3, -0.25) is 0 Å². The zero-order valence-electron chi connectivity index (χ0n) is 5.02. The maximum atomic E-state index is 2.86. The van der Waals surface area contributed by atoms with Gasteiger partial charge in [-0.15, -0.1) is 17.9 Å². The first-order valence-electron chi connectivity index (χ1n) is 2.49. The van der Waals surface area contributed by atoms with Crippen molar-refractivity contribution in [2.45, 2.75) is 6.92 Å². The predicted octanol–water partition coefficient (Wildman–Crippen LogP) is 3.30. The Hall–Kier alpha value is 2.15. The number of hydrogen-bond acceptors (Lipinski definition) is 0. The van der Waals surface area contributed by atoms with E-state index in [2.05, 4.69) is 24.8 Å². The summed E-state index contributed by atoms with van der Waals surface area (Å²) in [6, 6.07) is 0. The Morgan fingerprint density at radius 3 is 2.25 bits per heavy atom. The molecule has 0 aliphatic carbocycles. The molecule has 0 aliphatic rings. The lowest BCUT2D eigenvalue weighted by molar-refractivity contribution is 1.51. The molecule has 5 unspecified atom stereocenters. The lowest BCUT2D eigenvalue weighted by Gasteiger charge is -2.09. The standard InChI is InChI=1S/C3H13P5/c1-2-8(7-5)3-6-4/h6-7H,2-5H2,1H3. The zero-order valence-corrected chi connectivity index (χ0v) is 10.2. The molecule has 0 rings (SSSR count). The summed E-state index contributed by atoms with van der Waals surface area (Å²) in [5, 5.41) is 0. The van der Waals surface area contributed by atoms with Crippen LogP contribution in [-0.4, -0.2) is 12.1 Å². The van der Waals surface area contributed by atoms with Gasteiger partial charge < -0.3 is 0 Å². The molecule has 0 amide bonds. The van der Waals surface area contributed by atoms with Crippen molar-refractivity contribution < 1.29 is 0 Å². The van der Waals surface area contributed by atoms with Gasteiger partial charge in [0.2, 0.25) is 0 Å². The maximum absolute atomic E-state index is 2.86. The summed E-state index contributed by atoms with van der Waals surface area (Å²) in [4.78, 5) is 0. The summed E-state index contributed by atoms with van der Waals surface area (Å²) in [5.74, 6) is 1.47. The molecule has 0 nitrogen and oxygen atoms in total. The second-order valence-electron chi connectivity index (χ2n) is 1.35. The summed E-state index contributed by atoms with van der Waals surface area (Å²) in [6.07, 6.45) is 1.42. The molecule has 0 saturated carbocycles. The Balaban J connectivity index is 3.07. The highest BCUT2D eigenvalue weighted by atomic mass is 32.4. The lowest BCUT2D eigenvalue weighted by Crippen LogP contribution is -1.68. The first-order valence-corrected chi connectivity index (χ1v) is 10.9. The molecule has 0 spiro atoms. The minimum absolute atomic E-state index is 0.426. The van der Waals surface area contributed by atoms with Gasteiger partial charge in [0.05, 0.1) is 0 Å². The molecule has 8 heavy (non-hydrogen) atoms. The van der Waals surface area contributed by atoms with Gasteiger partial charge in [-0.25, -0.2) is 0 Å². The van der Waals surface area contributed by atoms with Crippen LogP contribution in [0.1, 0.15) is 6.92 Å². The molecule has 0 fully saturated rings. The van der Waals surface area contributed by atoms with Crippen molar-refractivity contribution in [2.24, 2.45) is 0 Å². The second-order valence-corrected chi connectivity index (χ2v) is 11.2. The summed E-state index contributed by atoms with van der Waals surface area (Å²) in [7, 11) is 8.33. The van der Waals surface area contributed by atoms with E-state index in [0.29, 0.717) is 7.61 Å². The van der Waals surface area contributed by atoms with Crippen LogP contribution in [0.5, 0.6) is 0 Å². The van der Waals surface area contributed by atoms with Crippen LogP contribution in [-0.2, 0) is 0 Å². The highest BCUT2D eigenvalue weighted by molar-refractivity contribution is 8.46. The van der Waals surface area contributed by atoms with Crippen molar-refractivity contribution in [1.82, 2.24) is 0 Å². The summed E-state index contributed by atoms with van der Waals surface area (Å²) in [5.41, 5.74) is 0. The van der Waals surface area contributed by atoms with Gasteiger partial charge in [-0.05, 0) is 12.1 Å². The average molecular weight is 204 g/mol. The smallest absolute Gasteiger partial charge is 0.00744 e. The lowest BCUT2D eigenvalue weighted by atomic mass is 11.0. The monoisotopic (exact) mass is 204 g/mol. The topological polar surface area (TPSA) is 0 Å². The van der Waals surface area contributed by atoms with E-state index in [-0.39, 0.29) is 0 Å². The fourth-order valence-corrected chi connectivity index (χ4v) is 12.6. The van der Waals surface area contributed by atoms with E-state index in [1.807, 2.05) is 0 Å². The van der Waals surface area contributed by atoms with Crippen molar-refractivity contribution in [3.63, 3.8) is 0 Å². The third-order valence-corrected chi connectivity index (χ3v) is 12.6. The van der Waals surface area contributed by atoms with Crippen LogP contribution in [0.2, 0.25) is 0 Å². The number of rotatable bonds is 4. The summed E-state index contributed by atoms with van der Waals surface area (Å²) < 4.78 is 0. The normalized spacial score (nSPS) is 16.9. The molecule has 5 heteroatoms. The van der Waals surface area contributed by atoms with Gasteiger partial charge in [-0.1, -0.05) is 30.8 Å². The van der Waals surface area contributed by atoms with Gasteiger partial charge in [0.15, 0.2) is 0 Å². The van der Waals surface area contributed by atoms with Gasteiger partial charge in [0, 0.05) is 0 Å². The van der Waals surface area contributed by atoms with Crippen LogP contribution in [0.15, 0.2) is 0 Å². The van der Waals surface area contributed by atoms with Crippen molar-refractivity contribution in [3.05, 3.63) is 0 Å². The molecule has 0 heterocycles. The molecule has 0 saturated heterocycles. The van der Waals surface area contributed by atoms with Crippen LogP contribution in [0, 0.1) is 0 Å². The van der Waals surface area contributed by atoms with E-state index in [1.165, 1.54) is 12.1 Å². The Kier molecular flexibility index (Phi) is 9.21. The predicted molar refractivity (Wildman–Crippen MR) is 58.4 cm³/mol. The summed E-state index contributed by atoms with van der Waals surface area (Å²) >= 11 is 0. The summed E-state index contributed by atoms with van der Waals surface area (Å²) in [6.45, 7) is 2.30. The molecule has 0 N–H and O–H groups in total. The minimum atomic E-state index is 0.426. The Morgan fingerprint density at radius 2 is 2.12 bits per heavy atom. The molecule has 5 atom stereocenters. The first-order chi connectivity index (χ1) is 3.85. The SMILES string of the molecule is CCP(CPP)PP. The first kappa shape index (κ1) is 10.2. The van der Waals surface area contributed by atoms with Crippen LogP contribution < -0.4 is 0 Å². The molecule has 0 radical (unpaired) electrons. The van der Waals surface area contributed by atoms with Crippen molar-refractivity contribution in [1.29, 1.82) is 0 Å². The molecule has 0 aromatic heterocycles. The van der Waals surface area contributed by atoms with E-state index in [0.717, 1.165) is 16.2 Å². The Labute approximate surface area is 61.1 Å². The van der Waals surface area contributed by atoms with Gasteiger partial charge in [-0.2, -0.15) is 0 Å². The largest absolute Gasteiger partial charge is 0.114 e. The van der Waals surface area contributed by atoms with Gasteiger partial charge in [0.25, 0.3) is 0 Å². The second kappa shape index (κ2) is 7.26. The van der Waals surface area contributed by atoms with Gasteiger partial charge >= 0.3 is 0 Å². The van der Waals surface area contributed by atoms with E-state index in [4.69, 9.17) is 0 Å². The zero-order chi connectivity index (χ0) is 6.41. The maximum Gasteiger partial charge on any atom is -0.00744 e. The molecule has 0 aliphatic heterocycles. The Morgan fingerprint density at radius 1 is 1.50 bits per heavy atom. The number of hydrogen-bond donors (Lipinski definition) is 0. The highest BCUT2D eigenvalue weighted by Crippen LogP contribution is 2.62.